The summed E-state index contributed by atoms with van der Waals surface area (Å²) in [6, 6.07) is 2.90. The molecule has 1 rings (SSSR count). The van der Waals surface area contributed by atoms with Crippen LogP contribution in [0.2, 0.25) is 0 Å². The van der Waals surface area contributed by atoms with Crippen molar-refractivity contribution in [2.45, 2.75) is 32.6 Å². The van der Waals surface area contributed by atoms with Crippen molar-refractivity contribution in [2.75, 3.05) is 6.61 Å². The number of carbonyl (C=O) groups excluding carboxylic acids is 2. The predicted octanol–water partition coefficient (Wildman–Crippen LogP) is 2.28. The average molecular weight is 234 g/mol. The number of ether oxygens (including phenoxy) is 1. The van der Waals surface area contributed by atoms with E-state index in [1.807, 2.05) is 0 Å². The van der Waals surface area contributed by atoms with Gasteiger partial charge in [0.05, 0.1) is 12.2 Å². The fourth-order valence-corrected chi connectivity index (χ4v) is 1.39. The first-order valence-electron chi connectivity index (χ1n) is 5.79. The van der Waals surface area contributed by atoms with Crippen LogP contribution in [0.3, 0.4) is 0 Å². The van der Waals surface area contributed by atoms with E-state index in [0.717, 1.165) is 25.7 Å². The van der Waals surface area contributed by atoms with Crippen molar-refractivity contribution in [1.29, 1.82) is 0 Å². The second-order valence-electron chi connectivity index (χ2n) is 3.73. The summed E-state index contributed by atoms with van der Waals surface area (Å²) in [5.74, 6) is -0.416. The predicted molar refractivity (Wildman–Crippen MR) is 63.5 cm³/mol. The number of rotatable bonds is 7. The van der Waals surface area contributed by atoms with Crippen molar-refractivity contribution in [3.05, 3.63) is 29.6 Å². The molecule has 1 aromatic heterocycles. The number of unbranched alkanes of at least 4 members (excludes halogenated alkanes) is 3. The molecule has 0 saturated carbocycles. The van der Waals surface area contributed by atoms with Crippen LogP contribution >= 0.6 is 0 Å². The van der Waals surface area contributed by atoms with Crippen LogP contribution in [0.25, 0.3) is 0 Å². The number of hydrogen-bond donors (Lipinski definition) is 0. The summed E-state index contributed by atoms with van der Waals surface area (Å²) in [6.45, 7) is 2.54. The fraction of sp³-hybridized carbons (Fsp3) is 0.462. The largest absolute Gasteiger partial charge is 0.462 e. The van der Waals surface area contributed by atoms with Crippen LogP contribution in [0.5, 0.6) is 0 Å². The summed E-state index contributed by atoms with van der Waals surface area (Å²) in [6.07, 6.45) is 7.27. The molecule has 0 aliphatic carbocycles. The van der Waals surface area contributed by atoms with Gasteiger partial charge in [0, 0.05) is 6.20 Å². The molecule has 4 nitrogen and oxygen atoms in total. The lowest BCUT2D eigenvalue weighted by molar-refractivity contribution is 0.0497. The smallest absolute Gasteiger partial charge is 0.338 e. The highest BCUT2D eigenvalue weighted by Crippen LogP contribution is 2.04. The Bertz CT molecular complexity index is 377. The Morgan fingerprint density at radius 1 is 1.41 bits per heavy atom. The molecular formula is C13H16NO3. The Morgan fingerprint density at radius 3 is 2.94 bits per heavy atom. The Balaban J connectivity index is 2.38. The van der Waals surface area contributed by atoms with Gasteiger partial charge in [-0.15, -0.1) is 0 Å². The highest BCUT2D eigenvalue weighted by molar-refractivity contribution is 5.90. The second kappa shape index (κ2) is 7.54. The van der Waals surface area contributed by atoms with Gasteiger partial charge in [-0.25, -0.2) is 4.79 Å². The number of hydrogen-bond acceptors (Lipinski definition) is 4. The number of esters is 1. The zero-order chi connectivity index (χ0) is 12.5. The molecule has 91 valence electrons. The van der Waals surface area contributed by atoms with Crippen LogP contribution in [-0.4, -0.2) is 23.8 Å². The van der Waals surface area contributed by atoms with Crippen molar-refractivity contribution in [1.82, 2.24) is 4.98 Å². The van der Waals surface area contributed by atoms with Crippen molar-refractivity contribution in [2.24, 2.45) is 0 Å². The molecule has 0 atom stereocenters. The maximum absolute atomic E-state index is 11.6. The molecule has 0 amide bonds. The maximum atomic E-state index is 11.6. The fourth-order valence-electron chi connectivity index (χ4n) is 1.39. The highest BCUT2D eigenvalue weighted by Gasteiger charge is 2.07. The van der Waals surface area contributed by atoms with Crippen LogP contribution < -0.4 is 0 Å². The van der Waals surface area contributed by atoms with Crippen LogP contribution in [0.1, 0.15) is 48.7 Å². The van der Waals surface area contributed by atoms with Crippen LogP contribution in [0.4, 0.5) is 0 Å². The Kier molecular flexibility index (Phi) is 5.93. The van der Waals surface area contributed by atoms with Gasteiger partial charge in [-0.2, -0.15) is 0 Å². The zero-order valence-electron chi connectivity index (χ0n) is 9.94. The molecule has 0 spiro atoms. The van der Waals surface area contributed by atoms with Gasteiger partial charge in [-0.3, -0.25) is 9.78 Å². The average Bonchev–Trinajstić information content (AvgIpc) is 2.38. The highest BCUT2D eigenvalue weighted by atomic mass is 16.5. The molecule has 0 aliphatic heterocycles. The molecule has 1 heterocycles. The third-order valence-corrected chi connectivity index (χ3v) is 2.33. The molecule has 4 heteroatoms. The van der Waals surface area contributed by atoms with Crippen LogP contribution in [0.15, 0.2) is 18.3 Å². The maximum Gasteiger partial charge on any atom is 0.338 e. The Hall–Kier alpha value is -1.71. The van der Waals surface area contributed by atoms with E-state index in [1.165, 1.54) is 18.3 Å². The first kappa shape index (κ1) is 13.4. The quantitative estimate of drug-likeness (QED) is 0.536. The summed E-state index contributed by atoms with van der Waals surface area (Å²) in [5, 5.41) is 0. The van der Waals surface area contributed by atoms with Gasteiger partial charge < -0.3 is 4.74 Å². The minimum atomic E-state index is -0.416. The molecule has 17 heavy (non-hydrogen) atoms. The van der Waals surface area contributed by atoms with Gasteiger partial charge in [0.2, 0.25) is 0 Å². The van der Waals surface area contributed by atoms with Crippen LogP contribution in [0, 0.1) is 0 Å². The zero-order valence-corrected chi connectivity index (χ0v) is 9.94. The lowest BCUT2D eigenvalue weighted by Gasteiger charge is -2.04. The molecule has 0 saturated heterocycles. The minimum absolute atomic E-state index is 0.116. The van der Waals surface area contributed by atoms with Gasteiger partial charge in [-0.05, 0) is 18.6 Å². The third-order valence-electron chi connectivity index (χ3n) is 2.33. The number of aromatic nitrogens is 1. The molecular weight excluding hydrogens is 218 g/mol. The Labute approximate surface area is 101 Å². The van der Waals surface area contributed by atoms with E-state index in [2.05, 4.69) is 11.9 Å². The molecule has 1 aromatic rings. The van der Waals surface area contributed by atoms with Crippen molar-refractivity contribution in [3.8, 4) is 0 Å². The number of pyridine rings is 1. The minimum Gasteiger partial charge on any atom is -0.462 e. The van der Waals surface area contributed by atoms with Gasteiger partial charge >= 0.3 is 5.97 Å². The summed E-state index contributed by atoms with van der Waals surface area (Å²) < 4.78 is 5.08. The van der Waals surface area contributed by atoms with E-state index in [1.54, 1.807) is 6.29 Å². The van der Waals surface area contributed by atoms with E-state index in [0.29, 0.717) is 12.2 Å². The summed E-state index contributed by atoms with van der Waals surface area (Å²) in [5.41, 5.74) is 0.458. The standard InChI is InChI=1S/C13H16NO3/c1-2-3-4-5-8-17-13(16)11-6-7-14-12(9-11)10-15/h6-7,9H,2-5,8H2,1H3. The van der Waals surface area contributed by atoms with Gasteiger partial charge in [0.25, 0.3) is 6.29 Å². The summed E-state index contributed by atoms with van der Waals surface area (Å²) in [7, 11) is 0. The van der Waals surface area contributed by atoms with E-state index >= 15 is 0 Å². The molecule has 0 aromatic carbocycles. The normalized spacial score (nSPS) is 9.94. The monoisotopic (exact) mass is 234 g/mol. The number of carbonyl (C=O) groups is 1. The lowest BCUT2D eigenvalue weighted by atomic mass is 10.2. The SMILES string of the molecule is CCCCCCOC(=O)c1ccnc([C]=O)c1. The van der Waals surface area contributed by atoms with Crippen molar-refractivity contribution in [3.63, 3.8) is 0 Å². The Morgan fingerprint density at radius 2 is 2.24 bits per heavy atom. The molecule has 1 radical (unpaired) electrons. The molecule has 0 N–H and O–H groups in total. The van der Waals surface area contributed by atoms with E-state index in [-0.39, 0.29) is 5.69 Å². The van der Waals surface area contributed by atoms with E-state index in [9.17, 15) is 9.59 Å². The molecule has 0 unspecified atom stereocenters. The summed E-state index contributed by atoms with van der Waals surface area (Å²) in [4.78, 5) is 25.7. The van der Waals surface area contributed by atoms with Crippen molar-refractivity contribution < 1.29 is 14.3 Å². The third kappa shape index (κ3) is 4.76. The number of nitrogens with zero attached hydrogens (tertiary/aromatic N) is 1. The van der Waals surface area contributed by atoms with Gasteiger partial charge in [-0.1, -0.05) is 26.2 Å². The van der Waals surface area contributed by atoms with Crippen molar-refractivity contribution >= 4 is 12.3 Å². The molecule has 0 fully saturated rings. The topological polar surface area (TPSA) is 56.3 Å². The lowest BCUT2D eigenvalue weighted by Crippen LogP contribution is -2.07. The second-order valence-corrected chi connectivity index (χ2v) is 3.73. The first-order valence-corrected chi connectivity index (χ1v) is 5.79. The molecule has 0 bridgehead atoms. The van der Waals surface area contributed by atoms with Gasteiger partial charge in [0.1, 0.15) is 5.69 Å². The van der Waals surface area contributed by atoms with E-state index in [4.69, 9.17) is 4.74 Å². The van der Waals surface area contributed by atoms with Crippen LogP contribution in [-0.2, 0) is 9.53 Å². The van der Waals surface area contributed by atoms with E-state index < -0.39 is 5.97 Å². The molecule has 0 aliphatic rings. The first-order chi connectivity index (χ1) is 8.27. The summed E-state index contributed by atoms with van der Waals surface area (Å²) >= 11 is 0. The van der Waals surface area contributed by atoms with Gasteiger partial charge in [0.15, 0.2) is 0 Å².